The minimum atomic E-state index is 0.670. The molecular formula is C15H19ClN2OS. The number of thiazole rings is 1. The second-order valence-electron chi connectivity index (χ2n) is 4.55. The topological polar surface area (TPSA) is 34.1 Å². The summed E-state index contributed by atoms with van der Waals surface area (Å²) < 4.78 is 5.39. The van der Waals surface area contributed by atoms with Gasteiger partial charge in [0.25, 0.3) is 0 Å². The first-order valence-electron chi connectivity index (χ1n) is 6.66. The summed E-state index contributed by atoms with van der Waals surface area (Å²) in [5.41, 5.74) is 2.07. The van der Waals surface area contributed by atoms with E-state index >= 15 is 0 Å². The molecule has 0 aliphatic heterocycles. The van der Waals surface area contributed by atoms with E-state index in [-0.39, 0.29) is 0 Å². The normalized spacial score (nSPS) is 10.8. The highest BCUT2D eigenvalue weighted by Crippen LogP contribution is 2.35. The smallest absolute Gasteiger partial charge is 0.130 e. The summed E-state index contributed by atoms with van der Waals surface area (Å²) in [4.78, 5) is 5.92. The van der Waals surface area contributed by atoms with Crippen LogP contribution in [0.1, 0.15) is 23.9 Å². The third-order valence-corrected chi connectivity index (χ3v) is 4.42. The summed E-state index contributed by atoms with van der Waals surface area (Å²) in [6.45, 7) is 6.10. The Morgan fingerprint density at radius 3 is 2.90 bits per heavy atom. The molecule has 20 heavy (non-hydrogen) atoms. The van der Waals surface area contributed by atoms with Gasteiger partial charge in [-0.15, -0.1) is 11.3 Å². The quantitative estimate of drug-likeness (QED) is 0.809. The van der Waals surface area contributed by atoms with E-state index in [1.165, 1.54) is 4.88 Å². The highest BCUT2D eigenvalue weighted by atomic mass is 35.5. The molecule has 3 nitrogen and oxygen atoms in total. The number of hydrogen-bond donors (Lipinski definition) is 1. The molecule has 0 fully saturated rings. The van der Waals surface area contributed by atoms with Crippen molar-refractivity contribution in [3.8, 4) is 16.3 Å². The number of halogens is 1. The molecule has 0 unspecified atom stereocenters. The van der Waals surface area contributed by atoms with E-state index in [0.29, 0.717) is 5.02 Å². The van der Waals surface area contributed by atoms with Crippen LogP contribution >= 0.6 is 22.9 Å². The molecule has 0 aliphatic carbocycles. The lowest BCUT2D eigenvalue weighted by molar-refractivity contribution is 0.416. The van der Waals surface area contributed by atoms with E-state index in [0.717, 1.165) is 41.5 Å². The molecular weight excluding hydrogens is 292 g/mol. The van der Waals surface area contributed by atoms with Crippen molar-refractivity contribution < 1.29 is 4.74 Å². The van der Waals surface area contributed by atoms with Crippen LogP contribution in [0.25, 0.3) is 10.6 Å². The zero-order valence-corrected chi connectivity index (χ0v) is 13.6. The van der Waals surface area contributed by atoms with Crippen molar-refractivity contribution in [3.05, 3.63) is 33.8 Å². The van der Waals surface area contributed by atoms with Crippen LogP contribution < -0.4 is 10.1 Å². The molecule has 0 aliphatic rings. The maximum atomic E-state index is 6.00. The third kappa shape index (κ3) is 3.51. The Hall–Kier alpha value is -1.10. The zero-order valence-electron chi connectivity index (χ0n) is 12.0. The van der Waals surface area contributed by atoms with Gasteiger partial charge in [-0.05, 0) is 38.1 Å². The third-order valence-electron chi connectivity index (χ3n) is 3.00. The van der Waals surface area contributed by atoms with Crippen LogP contribution in [0.5, 0.6) is 5.75 Å². The molecule has 0 saturated heterocycles. The Kier molecular flexibility index (Phi) is 5.40. The second kappa shape index (κ2) is 7.07. The Balaban J connectivity index is 2.27. The molecule has 0 saturated carbocycles. The lowest BCUT2D eigenvalue weighted by Crippen LogP contribution is -2.13. The van der Waals surface area contributed by atoms with E-state index in [4.69, 9.17) is 16.3 Å². The fourth-order valence-corrected chi connectivity index (χ4v) is 3.15. The maximum Gasteiger partial charge on any atom is 0.130 e. The molecule has 1 aromatic heterocycles. The van der Waals surface area contributed by atoms with Crippen LogP contribution in [0.3, 0.4) is 0 Å². The van der Waals surface area contributed by atoms with Gasteiger partial charge in [0.15, 0.2) is 0 Å². The van der Waals surface area contributed by atoms with E-state index < -0.39 is 0 Å². The number of benzene rings is 1. The summed E-state index contributed by atoms with van der Waals surface area (Å²) in [6.07, 6.45) is 1.13. The van der Waals surface area contributed by atoms with Gasteiger partial charge in [-0.2, -0.15) is 0 Å². The molecule has 0 radical (unpaired) electrons. The van der Waals surface area contributed by atoms with Crippen molar-refractivity contribution in [3.63, 3.8) is 0 Å². The number of aryl methyl sites for hydroxylation is 1. The largest absolute Gasteiger partial charge is 0.496 e. The van der Waals surface area contributed by atoms with Gasteiger partial charge in [-0.1, -0.05) is 18.5 Å². The van der Waals surface area contributed by atoms with Crippen molar-refractivity contribution in [2.75, 3.05) is 13.7 Å². The Morgan fingerprint density at radius 1 is 1.40 bits per heavy atom. The summed E-state index contributed by atoms with van der Waals surface area (Å²) in [7, 11) is 1.65. The van der Waals surface area contributed by atoms with Gasteiger partial charge in [0.05, 0.1) is 18.4 Å². The minimum Gasteiger partial charge on any atom is -0.496 e. The van der Waals surface area contributed by atoms with Crippen LogP contribution in [0.4, 0.5) is 0 Å². The Morgan fingerprint density at radius 2 is 2.20 bits per heavy atom. The van der Waals surface area contributed by atoms with Gasteiger partial charge in [0.2, 0.25) is 0 Å². The van der Waals surface area contributed by atoms with Gasteiger partial charge in [0, 0.05) is 16.4 Å². The average Bonchev–Trinajstić information content (AvgIpc) is 2.80. The molecule has 108 valence electrons. The number of hydrogen-bond acceptors (Lipinski definition) is 4. The van der Waals surface area contributed by atoms with Gasteiger partial charge in [-0.3, -0.25) is 0 Å². The Labute approximate surface area is 129 Å². The van der Waals surface area contributed by atoms with Crippen molar-refractivity contribution in [1.29, 1.82) is 0 Å². The highest BCUT2D eigenvalue weighted by Gasteiger charge is 2.13. The molecule has 0 amide bonds. The first-order valence-corrected chi connectivity index (χ1v) is 7.86. The molecule has 2 rings (SSSR count). The highest BCUT2D eigenvalue weighted by molar-refractivity contribution is 7.15. The van der Waals surface area contributed by atoms with Crippen molar-refractivity contribution in [1.82, 2.24) is 10.3 Å². The fourth-order valence-electron chi connectivity index (χ4n) is 1.93. The molecule has 5 heteroatoms. The lowest BCUT2D eigenvalue weighted by Gasteiger charge is -2.05. The van der Waals surface area contributed by atoms with Gasteiger partial charge >= 0.3 is 0 Å². The molecule has 0 bridgehead atoms. The predicted octanol–water partition coefficient (Wildman–Crippen LogP) is 4.28. The maximum absolute atomic E-state index is 6.00. The Bertz CT molecular complexity index is 583. The van der Waals surface area contributed by atoms with Crippen molar-refractivity contribution in [2.24, 2.45) is 0 Å². The summed E-state index contributed by atoms with van der Waals surface area (Å²) in [5.74, 6) is 0.763. The SMILES string of the molecule is CCCNCc1sc(-c2ccc(Cl)cc2OC)nc1C. The molecule has 1 aromatic carbocycles. The summed E-state index contributed by atoms with van der Waals surface area (Å²) >= 11 is 7.70. The monoisotopic (exact) mass is 310 g/mol. The number of aromatic nitrogens is 1. The zero-order chi connectivity index (χ0) is 14.5. The number of ether oxygens (including phenoxy) is 1. The van der Waals surface area contributed by atoms with Crippen LogP contribution in [0, 0.1) is 6.92 Å². The standard InChI is InChI=1S/C15H19ClN2OS/c1-4-7-17-9-14-10(2)18-15(20-14)12-6-5-11(16)8-13(12)19-3/h5-6,8,17H,4,7,9H2,1-3H3. The fraction of sp³-hybridized carbons (Fsp3) is 0.400. The first-order chi connectivity index (χ1) is 9.65. The van der Waals surface area contributed by atoms with Crippen molar-refractivity contribution >= 4 is 22.9 Å². The van der Waals surface area contributed by atoms with Crippen molar-refractivity contribution in [2.45, 2.75) is 26.8 Å². The van der Waals surface area contributed by atoms with E-state index in [1.807, 2.05) is 25.1 Å². The molecule has 1 N–H and O–H groups in total. The number of nitrogens with zero attached hydrogens (tertiary/aromatic N) is 1. The number of methoxy groups -OCH3 is 1. The average molecular weight is 311 g/mol. The van der Waals surface area contributed by atoms with Crippen LogP contribution in [-0.2, 0) is 6.54 Å². The molecule has 2 aromatic rings. The minimum absolute atomic E-state index is 0.670. The molecule has 0 atom stereocenters. The van der Waals surface area contributed by atoms with E-state index in [1.54, 1.807) is 18.4 Å². The van der Waals surface area contributed by atoms with E-state index in [2.05, 4.69) is 17.2 Å². The van der Waals surface area contributed by atoms with Crippen LogP contribution in [0.2, 0.25) is 5.02 Å². The van der Waals surface area contributed by atoms with Gasteiger partial charge < -0.3 is 10.1 Å². The molecule has 1 heterocycles. The molecule has 0 spiro atoms. The van der Waals surface area contributed by atoms with E-state index in [9.17, 15) is 0 Å². The summed E-state index contributed by atoms with van der Waals surface area (Å²) in [5, 5.41) is 5.06. The lowest BCUT2D eigenvalue weighted by atomic mass is 10.2. The first kappa shape index (κ1) is 15.3. The van der Waals surface area contributed by atoms with Crippen LogP contribution in [-0.4, -0.2) is 18.6 Å². The summed E-state index contributed by atoms with van der Waals surface area (Å²) in [6, 6.07) is 5.65. The number of rotatable bonds is 6. The van der Waals surface area contributed by atoms with Gasteiger partial charge in [-0.25, -0.2) is 4.98 Å². The second-order valence-corrected chi connectivity index (χ2v) is 6.07. The van der Waals surface area contributed by atoms with Gasteiger partial charge in [0.1, 0.15) is 10.8 Å². The predicted molar refractivity (Wildman–Crippen MR) is 85.8 cm³/mol. The van der Waals surface area contributed by atoms with Crippen LogP contribution in [0.15, 0.2) is 18.2 Å². The number of nitrogens with one attached hydrogen (secondary N) is 1.